The van der Waals surface area contributed by atoms with Crippen molar-refractivity contribution in [3.8, 4) is 0 Å². The summed E-state index contributed by atoms with van der Waals surface area (Å²) in [7, 11) is 0. The van der Waals surface area contributed by atoms with Crippen molar-refractivity contribution >= 4 is 0 Å². The van der Waals surface area contributed by atoms with Crippen molar-refractivity contribution in [1.29, 1.82) is 0 Å². The number of rotatable bonds is 0. The molecule has 0 spiro atoms. The van der Waals surface area contributed by atoms with Crippen LogP contribution >= 0.6 is 0 Å². The average Bonchev–Trinajstić information content (AvgIpc) is 0. The Balaban J connectivity index is 0. The van der Waals surface area contributed by atoms with Crippen molar-refractivity contribution in [1.82, 2.24) is 0 Å². The second-order valence-corrected chi connectivity index (χ2v) is 0. The van der Waals surface area contributed by atoms with Crippen molar-refractivity contribution in [2.75, 3.05) is 0 Å². The summed E-state index contributed by atoms with van der Waals surface area (Å²) < 4.78 is 0. The molecule has 0 radical (unpaired) electrons. The Morgan fingerprint density at radius 2 is 0.444 bits per heavy atom. The maximum Gasteiger partial charge on any atom is 3.00 e. The summed E-state index contributed by atoms with van der Waals surface area (Å²) in [4.78, 5) is 0. The quantitative estimate of drug-likeness (QED) is 0.313. The summed E-state index contributed by atoms with van der Waals surface area (Å²) in [6.45, 7) is 0. The zero-order valence-electron chi connectivity index (χ0n) is 4.84. The Bertz CT molecular complexity index is 14.9. The molecule has 0 bridgehead atoms. The second-order valence-electron chi connectivity index (χ2n) is 0. The van der Waals surface area contributed by atoms with Crippen molar-refractivity contribution in [3.63, 3.8) is 0 Å². The molecule has 0 atom stereocenters. The minimum absolute atomic E-state index is 0. The van der Waals surface area contributed by atoms with Crippen LogP contribution in [0.15, 0.2) is 0 Å². The zero-order valence-corrected chi connectivity index (χ0v) is 13.3. The molecule has 0 rings (SSSR count). The van der Waals surface area contributed by atoms with E-state index < -0.39 is 0 Å². The van der Waals surface area contributed by atoms with Gasteiger partial charge in [0.1, 0.15) is 0 Å². The Kier molecular flexibility index (Phi) is 1440. The van der Waals surface area contributed by atoms with Crippen LogP contribution in [-0.4, -0.2) is 5.48 Å². The predicted octanol–water partition coefficient (Wildman–Crippen LogP) is -21.8. The maximum atomic E-state index is 0. The van der Waals surface area contributed by atoms with Gasteiger partial charge in [-0.15, -0.1) is 0 Å². The Morgan fingerprint density at radius 1 is 0.444 bits per heavy atom. The molecule has 9 heteroatoms. The van der Waals surface area contributed by atoms with Gasteiger partial charge in [0, 0.05) is 0 Å². The van der Waals surface area contributed by atoms with E-state index in [4.69, 9.17) is 0 Å². The van der Waals surface area contributed by atoms with Crippen molar-refractivity contribution in [2.24, 2.45) is 0 Å². The van der Waals surface area contributed by atoms with E-state index >= 15 is 0 Å². The van der Waals surface area contributed by atoms with Crippen LogP contribution in [0.5, 0.6) is 0 Å². The van der Waals surface area contributed by atoms with E-state index in [9.17, 15) is 0 Å². The molecule has 9 heavy (non-hydrogen) atoms. The van der Waals surface area contributed by atoms with E-state index in [0.29, 0.717) is 0 Å². The smallest absolute Gasteiger partial charge is 1.00 e. The van der Waals surface area contributed by atoms with E-state index in [-0.39, 0.29) is 154 Å². The molecule has 1 nitrogen and oxygen atoms in total. The van der Waals surface area contributed by atoms with Crippen LogP contribution in [0.4, 0.5) is 0 Å². The fourth-order valence-corrected chi connectivity index (χ4v) is 0. The molecule has 0 amide bonds. The summed E-state index contributed by atoms with van der Waals surface area (Å²) >= 11 is 0. The maximum absolute atomic E-state index is 0. The molecule has 0 aromatic heterocycles. The molecule has 0 fully saturated rings. The third kappa shape index (κ3) is 82.0. The first-order valence-corrected chi connectivity index (χ1v) is 0. The number of hydrogen-bond acceptors (Lipinski definition) is 0. The fraction of sp³-hybridized carbons (Fsp3) is 0. The first kappa shape index (κ1) is 130. The van der Waals surface area contributed by atoms with Gasteiger partial charge in [-0.05, 0) is 0 Å². The van der Waals surface area contributed by atoms with Gasteiger partial charge in [0.25, 0.3) is 0 Å². The van der Waals surface area contributed by atoms with Crippen LogP contribution in [0.25, 0.3) is 0 Å². The molecule has 0 aliphatic carbocycles. The van der Waals surface area contributed by atoms with Crippen LogP contribution in [-0.2, 0) is 22.4 Å². The van der Waals surface area contributed by atoms with Gasteiger partial charge in [-0.3, -0.25) is 0 Å². The van der Waals surface area contributed by atoms with Crippen LogP contribution in [0.2, 0.25) is 0 Å². The van der Waals surface area contributed by atoms with Gasteiger partial charge in [0.2, 0.25) is 0 Å². The van der Waals surface area contributed by atoms with Gasteiger partial charge in [-0.2, -0.15) is 0 Å². The SMILES string of the molecule is O.[F-].[F-].[F-].[F-].[F-].[K+].[K+].[Nb+3]. The largest absolute Gasteiger partial charge is 3.00 e. The van der Waals surface area contributed by atoms with Crippen molar-refractivity contribution in [2.45, 2.75) is 0 Å². The minimum atomic E-state index is 0. The Morgan fingerprint density at radius 3 is 0.444 bits per heavy atom. The average molecular weight is 284 g/mol. The topological polar surface area (TPSA) is 31.5 Å². The predicted molar refractivity (Wildman–Crippen MR) is 3.61 cm³/mol. The summed E-state index contributed by atoms with van der Waals surface area (Å²) in [5.41, 5.74) is 0. The molecule has 50 valence electrons. The van der Waals surface area contributed by atoms with E-state index in [1.54, 1.807) is 0 Å². The summed E-state index contributed by atoms with van der Waals surface area (Å²) in [5, 5.41) is 0. The van der Waals surface area contributed by atoms with Crippen LogP contribution in [0.3, 0.4) is 0 Å². The van der Waals surface area contributed by atoms with Crippen LogP contribution < -0.4 is 126 Å². The summed E-state index contributed by atoms with van der Waals surface area (Å²) in [6, 6.07) is 0. The van der Waals surface area contributed by atoms with Gasteiger partial charge < -0.3 is 29.0 Å². The Labute approximate surface area is 150 Å². The van der Waals surface area contributed by atoms with E-state index in [1.165, 1.54) is 0 Å². The number of halogens is 5. The number of hydrogen-bond donors (Lipinski definition) is 0. The summed E-state index contributed by atoms with van der Waals surface area (Å²) in [6.07, 6.45) is 0. The molecule has 0 aromatic carbocycles. The molecule has 0 heterocycles. The zero-order chi connectivity index (χ0) is 0. The van der Waals surface area contributed by atoms with Crippen molar-refractivity contribution in [3.05, 3.63) is 0 Å². The normalized spacial score (nSPS) is 0. The van der Waals surface area contributed by atoms with Gasteiger partial charge in [-0.25, -0.2) is 0 Å². The standard InChI is InChI=1S/5FH.2K.Nb.H2O/h5*1H;;;;1H2/q;;;;;2*+1;+3;/p-5. The molecule has 0 saturated carbocycles. The Hall–Kier alpha value is 3.62. The third-order valence-electron chi connectivity index (χ3n) is 0. The van der Waals surface area contributed by atoms with Crippen molar-refractivity contribution < 1.29 is 154 Å². The molecule has 0 unspecified atom stereocenters. The first-order chi connectivity index (χ1) is 0. The van der Waals surface area contributed by atoms with Gasteiger partial charge in [0.15, 0.2) is 0 Å². The van der Waals surface area contributed by atoms with E-state index in [0.717, 1.165) is 0 Å². The molecular formula is H2F5K2NbO. The van der Waals surface area contributed by atoms with E-state index in [1.807, 2.05) is 0 Å². The first-order valence-electron chi connectivity index (χ1n) is 0. The molecule has 0 saturated heterocycles. The van der Waals surface area contributed by atoms with Crippen LogP contribution in [0, 0.1) is 0 Å². The van der Waals surface area contributed by atoms with Gasteiger partial charge >= 0.3 is 125 Å². The van der Waals surface area contributed by atoms with Gasteiger partial charge in [-0.1, -0.05) is 0 Å². The molecule has 2 N–H and O–H groups in total. The van der Waals surface area contributed by atoms with Crippen LogP contribution in [0.1, 0.15) is 0 Å². The summed E-state index contributed by atoms with van der Waals surface area (Å²) in [5.74, 6) is 0. The second kappa shape index (κ2) is 99.9. The third-order valence-corrected chi connectivity index (χ3v) is 0. The molecule has 0 aromatic rings. The minimum Gasteiger partial charge on any atom is -1.00 e. The molecular weight excluding hydrogens is 282 g/mol. The monoisotopic (exact) mass is 284 g/mol. The fourth-order valence-electron chi connectivity index (χ4n) is 0. The van der Waals surface area contributed by atoms with Gasteiger partial charge in [0.05, 0.1) is 0 Å². The molecule has 0 aliphatic heterocycles. The molecule has 0 aliphatic rings. The van der Waals surface area contributed by atoms with E-state index in [2.05, 4.69) is 0 Å².